The van der Waals surface area contributed by atoms with E-state index in [1.54, 1.807) is 4.57 Å². The van der Waals surface area contributed by atoms with Crippen LogP contribution in [0.4, 0.5) is 5.69 Å². The summed E-state index contributed by atoms with van der Waals surface area (Å²) in [6.45, 7) is 1.13. The monoisotopic (exact) mass is 411 g/mol. The minimum atomic E-state index is -0.186. The molecule has 0 saturated heterocycles. The van der Waals surface area contributed by atoms with Gasteiger partial charge in [0.05, 0.1) is 0 Å². The first-order chi connectivity index (χ1) is 14.6. The van der Waals surface area contributed by atoms with Crippen LogP contribution in [0.3, 0.4) is 0 Å². The second-order valence-electron chi connectivity index (χ2n) is 8.66. The lowest BCUT2D eigenvalue weighted by molar-refractivity contribution is -0.122. The molecule has 1 N–H and O–H groups in total. The van der Waals surface area contributed by atoms with Crippen molar-refractivity contribution >= 4 is 11.6 Å². The first kappa shape index (κ1) is 20.7. The summed E-state index contributed by atoms with van der Waals surface area (Å²) in [5, 5.41) is 7.30. The fraction of sp³-hybridized carbons (Fsp3) is 0.609. The van der Waals surface area contributed by atoms with Crippen molar-refractivity contribution in [1.82, 2.24) is 19.7 Å². The second kappa shape index (κ2) is 9.49. The third-order valence-corrected chi connectivity index (χ3v) is 6.53. The third-order valence-electron chi connectivity index (χ3n) is 6.53. The SMILES string of the molecule is CN(c1ccc(CNC(=O)Cn2nc3n(c2=O)CCCCC3)cc1)C1CCCCC1. The van der Waals surface area contributed by atoms with Gasteiger partial charge in [-0.05, 0) is 43.4 Å². The molecule has 0 unspecified atom stereocenters. The van der Waals surface area contributed by atoms with E-state index in [-0.39, 0.29) is 18.1 Å². The summed E-state index contributed by atoms with van der Waals surface area (Å²) in [6.07, 6.45) is 10.5. The molecular weight excluding hydrogens is 378 g/mol. The van der Waals surface area contributed by atoms with Gasteiger partial charge in [0.2, 0.25) is 5.91 Å². The molecule has 2 aromatic rings. The van der Waals surface area contributed by atoms with Crippen molar-refractivity contribution in [2.24, 2.45) is 0 Å². The fourth-order valence-corrected chi connectivity index (χ4v) is 4.65. The van der Waals surface area contributed by atoms with E-state index in [0.29, 0.717) is 19.1 Å². The lowest BCUT2D eigenvalue weighted by atomic mass is 9.94. The van der Waals surface area contributed by atoms with Crippen LogP contribution in [0.5, 0.6) is 0 Å². The van der Waals surface area contributed by atoms with Crippen LogP contribution in [0.15, 0.2) is 29.1 Å². The summed E-state index contributed by atoms with van der Waals surface area (Å²) in [7, 11) is 2.18. The molecule has 0 atom stereocenters. The highest BCUT2D eigenvalue weighted by Crippen LogP contribution is 2.26. The van der Waals surface area contributed by atoms with Crippen LogP contribution in [-0.4, -0.2) is 33.3 Å². The standard InChI is InChI=1S/C23H33N5O2/c1-26(19-8-4-2-5-9-19)20-13-11-18(12-14-20)16-24-22(29)17-28-23(30)27-15-7-3-6-10-21(27)25-28/h11-14,19H,2-10,15-17H2,1H3,(H,24,29). The predicted octanol–water partition coefficient (Wildman–Crippen LogP) is 2.86. The Kier molecular flexibility index (Phi) is 6.55. The number of rotatable bonds is 6. The molecular formula is C23H33N5O2. The van der Waals surface area contributed by atoms with Crippen LogP contribution in [0.25, 0.3) is 0 Å². The van der Waals surface area contributed by atoms with Crippen molar-refractivity contribution in [3.63, 3.8) is 0 Å². The number of fused-ring (bicyclic) bond motifs is 1. The van der Waals surface area contributed by atoms with Crippen molar-refractivity contribution in [3.8, 4) is 0 Å². The highest BCUT2D eigenvalue weighted by molar-refractivity contribution is 5.75. The molecule has 30 heavy (non-hydrogen) atoms. The Balaban J connectivity index is 1.30. The van der Waals surface area contributed by atoms with Crippen molar-refractivity contribution in [3.05, 3.63) is 46.1 Å². The van der Waals surface area contributed by atoms with Gasteiger partial charge in [0, 0.05) is 38.3 Å². The molecule has 0 spiro atoms. The lowest BCUT2D eigenvalue weighted by Gasteiger charge is -2.33. The zero-order valence-corrected chi connectivity index (χ0v) is 18.0. The highest BCUT2D eigenvalue weighted by Gasteiger charge is 2.19. The van der Waals surface area contributed by atoms with E-state index in [2.05, 4.69) is 46.6 Å². The molecule has 2 aliphatic rings. The first-order valence-corrected chi connectivity index (χ1v) is 11.4. The lowest BCUT2D eigenvalue weighted by Crippen LogP contribution is -2.34. The van der Waals surface area contributed by atoms with E-state index in [4.69, 9.17) is 0 Å². The molecule has 162 valence electrons. The van der Waals surface area contributed by atoms with Gasteiger partial charge in [-0.2, -0.15) is 5.10 Å². The van der Waals surface area contributed by atoms with E-state index in [1.165, 1.54) is 42.5 Å². The number of aryl methyl sites for hydroxylation is 1. The van der Waals surface area contributed by atoms with E-state index in [9.17, 15) is 9.59 Å². The maximum atomic E-state index is 12.5. The number of nitrogens with zero attached hydrogens (tertiary/aromatic N) is 4. The average molecular weight is 412 g/mol. The van der Waals surface area contributed by atoms with Gasteiger partial charge in [-0.25, -0.2) is 9.48 Å². The fourth-order valence-electron chi connectivity index (χ4n) is 4.65. The largest absolute Gasteiger partial charge is 0.372 e. The molecule has 1 amide bonds. The number of carbonyl (C=O) groups is 1. The van der Waals surface area contributed by atoms with Gasteiger partial charge in [0.25, 0.3) is 0 Å². The maximum Gasteiger partial charge on any atom is 0.346 e. The molecule has 1 saturated carbocycles. The normalized spacial score (nSPS) is 17.2. The predicted molar refractivity (Wildman–Crippen MR) is 118 cm³/mol. The number of hydrogen-bond donors (Lipinski definition) is 1. The smallest absolute Gasteiger partial charge is 0.346 e. The van der Waals surface area contributed by atoms with Gasteiger partial charge in [-0.1, -0.05) is 37.8 Å². The Morgan fingerprint density at radius 2 is 1.83 bits per heavy atom. The van der Waals surface area contributed by atoms with Crippen LogP contribution < -0.4 is 15.9 Å². The van der Waals surface area contributed by atoms with Crippen molar-refractivity contribution < 1.29 is 4.79 Å². The van der Waals surface area contributed by atoms with Gasteiger partial charge in [0.1, 0.15) is 12.4 Å². The summed E-state index contributed by atoms with van der Waals surface area (Å²) in [6, 6.07) is 9.03. The Morgan fingerprint density at radius 3 is 2.60 bits per heavy atom. The molecule has 7 heteroatoms. The van der Waals surface area contributed by atoms with Gasteiger partial charge in [-0.3, -0.25) is 9.36 Å². The molecule has 1 aromatic heterocycles. The topological polar surface area (TPSA) is 72.2 Å². The molecule has 1 aliphatic carbocycles. The summed E-state index contributed by atoms with van der Waals surface area (Å²) in [5.41, 5.74) is 2.11. The minimum Gasteiger partial charge on any atom is -0.372 e. The van der Waals surface area contributed by atoms with Crippen LogP contribution >= 0.6 is 0 Å². The Morgan fingerprint density at radius 1 is 1.10 bits per heavy atom. The number of carbonyl (C=O) groups excluding carboxylic acids is 1. The summed E-state index contributed by atoms with van der Waals surface area (Å²) in [4.78, 5) is 27.2. The molecule has 1 fully saturated rings. The number of benzene rings is 1. The number of anilines is 1. The quantitative estimate of drug-likeness (QED) is 0.793. The molecule has 1 aliphatic heterocycles. The summed E-state index contributed by atoms with van der Waals surface area (Å²) < 4.78 is 3.03. The van der Waals surface area contributed by atoms with Gasteiger partial charge in [-0.15, -0.1) is 0 Å². The van der Waals surface area contributed by atoms with Crippen LogP contribution in [0.1, 0.15) is 62.8 Å². The van der Waals surface area contributed by atoms with Gasteiger partial charge >= 0.3 is 5.69 Å². The number of hydrogen-bond acceptors (Lipinski definition) is 4. The molecule has 7 nitrogen and oxygen atoms in total. The van der Waals surface area contributed by atoms with E-state index < -0.39 is 0 Å². The van der Waals surface area contributed by atoms with E-state index in [1.807, 2.05) is 0 Å². The first-order valence-electron chi connectivity index (χ1n) is 11.4. The zero-order valence-electron chi connectivity index (χ0n) is 18.0. The Labute approximate surface area is 178 Å². The third kappa shape index (κ3) is 4.77. The van der Waals surface area contributed by atoms with E-state index >= 15 is 0 Å². The summed E-state index contributed by atoms with van der Waals surface area (Å²) >= 11 is 0. The summed E-state index contributed by atoms with van der Waals surface area (Å²) in [5.74, 6) is 0.622. The molecule has 2 heterocycles. The minimum absolute atomic E-state index is 0.0265. The molecule has 1 aromatic carbocycles. The zero-order chi connectivity index (χ0) is 20.9. The van der Waals surface area contributed by atoms with Crippen molar-refractivity contribution in [2.45, 2.75) is 83.5 Å². The van der Waals surface area contributed by atoms with Crippen LogP contribution in [0.2, 0.25) is 0 Å². The molecule has 4 rings (SSSR count). The number of amides is 1. The van der Waals surface area contributed by atoms with Crippen molar-refractivity contribution in [1.29, 1.82) is 0 Å². The van der Waals surface area contributed by atoms with Crippen molar-refractivity contribution in [2.75, 3.05) is 11.9 Å². The second-order valence-corrected chi connectivity index (χ2v) is 8.66. The maximum absolute atomic E-state index is 12.5. The van der Waals surface area contributed by atoms with Gasteiger partial charge in [0.15, 0.2) is 0 Å². The number of aromatic nitrogens is 3. The Bertz CT molecular complexity index is 909. The van der Waals surface area contributed by atoms with Crippen LogP contribution in [0, 0.1) is 0 Å². The molecule has 0 bridgehead atoms. The van der Waals surface area contributed by atoms with E-state index in [0.717, 1.165) is 37.1 Å². The average Bonchev–Trinajstić information content (AvgIpc) is 2.94. The van der Waals surface area contributed by atoms with Gasteiger partial charge < -0.3 is 10.2 Å². The number of nitrogens with one attached hydrogen (secondary N) is 1. The highest BCUT2D eigenvalue weighted by atomic mass is 16.2. The molecule has 0 radical (unpaired) electrons. The van der Waals surface area contributed by atoms with Crippen LogP contribution in [-0.2, 0) is 30.8 Å². The Hall–Kier alpha value is -2.57.